The average molecular weight is 291 g/mol. The van der Waals surface area contributed by atoms with Crippen molar-refractivity contribution in [3.8, 4) is 0 Å². The summed E-state index contributed by atoms with van der Waals surface area (Å²) < 4.78 is 26.1. The van der Waals surface area contributed by atoms with Crippen molar-refractivity contribution >= 4 is 27.3 Å². The van der Waals surface area contributed by atoms with Crippen molar-refractivity contribution in [2.75, 3.05) is 18.9 Å². The van der Waals surface area contributed by atoms with Gasteiger partial charge in [-0.05, 0) is 31.0 Å². The van der Waals surface area contributed by atoms with Crippen LogP contribution in [-0.2, 0) is 10.0 Å². The predicted octanol–water partition coefficient (Wildman–Crippen LogP) is 1.07. The van der Waals surface area contributed by atoms with E-state index in [9.17, 15) is 13.5 Å². The van der Waals surface area contributed by atoms with Crippen LogP contribution in [0, 0.1) is 0 Å². The molecule has 1 aliphatic heterocycles. The van der Waals surface area contributed by atoms with E-state index in [4.69, 9.17) is 17.3 Å². The molecule has 0 amide bonds. The lowest BCUT2D eigenvalue weighted by Crippen LogP contribution is -2.37. The molecule has 18 heavy (non-hydrogen) atoms. The molecule has 0 aliphatic carbocycles. The van der Waals surface area contributed by atoms with Gasteiger partial charge in [0.05, 0.1) is 22.2 Å². The van der Waals surface area contributed by atoms with Crippen molar-refractivity contribution in [1.82, 2.24) is 4.31 Å². The monoisotopic (exact) mass is 290 g/mol. The summed E-state index contributed by atoms with van der Waals surface area (Å²) in [7, 11) is -3.60. The molecule has 0 bridgehead atoms. The van der Waals surface area contributed by atoms with Gasteiger partial charge in [-0.25, -0.2) is 8.42 Å². The Morgan fingerprint density at radius 1 is 1.50 bits per heavy atom. The second kappa shape index (κ2) is 5.05. The van der Waals surface area contributed by atoms with Crippen molar-refractivity contribution in [1.29, 1.82) is 0 Å². The van der Waals surface area contributed by atoms with E-state index in [-0.39, 0.29) is 23.2 Å². The fourth-order valence-electron chi connectivity index (χ4n) is 2.13. The van der Waals surface area contributed by atoms with Crippen LogP contribution < -0.4 is 5.73 Å². The summed E-state index contributed by atoms with van der Waals surface area (Å²) in [5, 5.41) is 9.52. The fourth-order valence-corrected chi connectivity index (χ4v) is 3.96. The van der Waals surface area contributed by atoms with E-state index in [0.717, 1.165) is 6.42 Å². The molecule has 1 aliphatic rings. The van der Waals surface area contributed by atoms with Crippen LogP contribution in [0.2, 0.25) is 5.02 Å². The molecule has 1 atom stereocenters. The standard InChI is InChI=1S/C11H15ClN2O3S/c12-10-4-3-9(6-11(10)13)18(16,17)14-5-1-2-8(14)7-15/h3-4,6,8,15H,1-2,5,7,13H2/t8-/m0/s1. The Morgan fingerprint density at radius 2 is 2.22 bits per heavy atom. The van der Waals surface area contributed by atoms with Crippen molar-refractivity contribution in [2.24, 2.45) is 0 Å². The second-order valence-corrected chi connectivity index (χ2v) is 6.58. The Bertz CT molecular complexity index is 547. The van der Waals surface area contributed by atoms with Crippen molar-refractivity contribution in [3.63, 3.8) is 0 Å². The maximum absolute atomic E-state index is 12.4. The van der Waals surface area contributed by atoms with Crippen LogP contribution in [0.15, 0.2) is 23.1 Å². The number of halogens is 1. The quantitative estimate of drug-likeness (QED) is 0.816. The Hall–Kier alpha value is -0.820. The summed E-state index contributed by atoms with van der Waals surface area (Å²) in [4.78, 5) is 0.116. The minimum absolute atomic E-state index is 0.116. The Labute approximate surface area is 111 Å². The molecule has 0 radical (unpaired) electrons. The van der Waals surface area contributed by atoms with E-state index in [1.54, 1.807) is 0 Å². The SMILES string of the molecule is Nc1cc(S(=O)(=O)N2CCC[C@H]2CO)ccc1Cl. The minimum atomic E-state index is -3.60. The molecule has 0 unspecified atom stereocenters. The van der Waals surface area contributed by atoms with Crippen LogP contribution in [0.25, 0.3) is 0 Å². The molecular weight excluding hydrogens is 276 g/mol. The number of rotatable bonds is 3. The van der Waals surface area contributed by atoms with Gasteiger partial charge in [-0.2, -0.15) is 4.31 Å². The molecule has 1 aromatic rings. The van der Waals surface area contributed by atoms with Gasteiger partial charge in [0, 0.05) is 12.6 Å². The summed E-state index contributed by atoms with van der Waals surface area (Å²) in [5.74, 6) is 0. The van der Waals surface area contributed by atoms with Gasteiger partial charge >= 0.3 is 0 Å². The van der Waals surface area contributed by atoms with E-state index in [1.807, 2.05) is 0 Å². The number of aliphatic hydroxyl groups excluding tert-OH is 1. The maximum atomic E-state index is 12.4. The van der Waals surface area contributed by atoms with Gasteiger partial charge in [-0.15, -0.1) is 0 Å². The van der Waals surface area contributed by atoms with Crippen LogP contribution in [0.4, 0.5) is 5.69 Å². The normalized spacial score (nSPS) is 21.3. The lowest BCUT2D eigenvalue weighted by Gasteiger charge is -2.22. The van der Waals surface area contributed by atoms with E-state index in [1.165, 1.54) is 22.5 Å². The van der Waals surface area contributed by atoms with Crippen LogP contribution in [-0.4, -0.2) is 37.0 Å². The number of nitrogens with zero attached hydrogens (tertiary/aromatic N) is 1. The third kappa shape index (κ3) is 2.33. The molecular formula is C11H15ClN2O3S. The number of benzene rings is 1. The molecule has 100 valence electrons. The second-order valence-electron chi connectivity index (χ2n) is 4.28. The number of hydrogen-bond donors (Lipinski definition) is 2. The van der Waals surface area contributed by atoms with Gasteiger partial charge < -0.3 is 10.8 Å². The summed E-state index contributed by atoms with van der Waals surface area (Å²) in [5.41, 5.74) is 5.85. The molecule has 7 heteroatoms. The van der Waals surface area contributed by atoms with Gasteiger partial charge in [-0.3, -0.25) is 0 Å². The van der Waals surface area contributed by atoms with Crippen LogP contribution >= 0.6 is 11.6 Å². The summed E-state index contributed by atoms with van der Waals surface area (Å²) in [6.45, 7) is 0.262. The third-order valence-corrected chi connectivity index (χ3v) is 5.40. The highest BCUT2D eigenvalue weighted by Gasteiger charge is 2.34. The van der Waals surface area contributed by atoms with E-state index >= 15 is 0 Å². The topological polar surface area (TPSA) is 83.6 Å². The molecule has 5 nitrogen and oxygen atoms in total. The first-order valence-electron chi connectivity index (χ1n) is 5.64. The number of hydrogen-bond acceptors (Lipinski definition) is 4. The Kier molecular flexibility index (Phi) is 3.82. The van der Waals surface area contributed by atoms with Gasteiger partial charge in [-0.1, -0.05) is 11.6 Å². The minimum Gasteiger partial charge on any atom is -0.397 e. The zero-order valence-electron chi connectivity index (χ0n) is 9.71. The average Bonchev–Trinajstić information content (AvgIpc) is 2.81. The van der Waals surface area contributed by atoms with Crippen molar-refractivity contribution in [3.05, 3.63) is 23.2 Å². The molecule has 1 heterocycles. The molecule has 2 rings (SSSR count). The third-order valence-electron chi connectivity index (χ3n) is 3.11. The first kappa shape index (κ1) is 13.6. The molecule has 1 aromatic carbocycles. The number of sulfonamides is 1. The first-order valence-corrected chi connectivity index (χ1v) is 7.46. The van der Waals surface area contributed by atoms with Crippen LogP contribution in [0.1, 0.15) is 12.8 Å². The summed E-state index contributed by atoms with van der Waals surface area (Å²) in [6, 6.07) is 3.91. The maximum Gasteiger partial charge on any atom is 0.243 e. The zero-order chi connectivity index (χ0) is 13.3. The summed E-state index contributed by atoms with van der Waals surface area (Å²) in [6.07, 6.45) is 1.44. The highest BCUT2D eigenvalue weighted by molar-refractivity contribution is 7.89. The lowest BCUT2D eigenvalue weighted by molar-refractivity contribution is 0.213. The molecule has 1 fully saturated rings. The van der Waals surface area contributed by atoms with Crippen molar-refractivity contribution < 1.29 is 13.5 Å². The molecule has 1 saturated heterocycles. The van der Waals surface area contributed by atoms with Gasteiger partial charge in [0.15, 0.2) is 0 Å². The smallest absolute Gasteiger partial charge is 0.243 e. The molecule has 3 N–H and O–H groups in total. The van der Waals surface area contributed by atoms with E-state index in [0.29, 0.717) is 18.0 Å². The van der Waals surface area contributed by atoms with Gasteiger partial charge in [0.25, 0.3) is 0 Å². The van der Waals surface area contributed by atoms with E-state index in [2.05, 4.69) is 0 Å². The van der Waals surface area contributed by atoms with Crippen LogP contribution in [0.5, 0.6) is 0 Å². The van der Waals surface area contributed by atoms with Crippen LogP contribution in [0.3, 0.4) is 0 Å². The highest BCUT2D eigenvalue weighted by Crippen LogP contribution is 2.28. The highest BCUT2D eigenvalue weighted by atomic mass is 35.5. The number of anilines is 1. The van der Waals surface area contributed by atoms with Gasteiger partial charge in [0.2, 0.25) is 10.0 Å². The largest absolute Gasteiger partial charge is 0.397 e. The Balaban J connectivity index is 2.38. The van der Waals surface area contributed by atoms with Crippen molar-refractivity contribution in [2.45, 2.75) is 23.8 Å². The lowest BCUT2D eigenvalue weighted by atomic mass is 10.2. The first-order chi connectivity index (χ1) is 8.46. The zero-order valence-corrected chi connectivity index (χ0v) is 11.3. The Morgan fingerprint density at radius 3 is 2.83 bits per heavy atom. The molecule has 0 saturated carbocycles. The molecule has 0 aromatic heterocycles. The number of nitrogens with two attached hydrogens (primary N) is 1. The molecule has 0 spiro atoms. The number of nitrogen functional groups attached to an aromatic ring is 1. The number of aliphatic hydroxyl groups is 1. The fraction of sp³-hybridized carbons (Fsp3) is 0.455. The summed E-state index contributed by atoms with van der Waals surface area (Å²) >= 11 is 5.77. The van der Waals surface area contributed by atoms with E-state index < -0.39 is 10.0 Å². The predicted molar refractivity (Wildman–Crippen MR) is 69.9 cm³/mol. The van der Waals surface area contributed by atoms with Gasteiger partial charge in [0.1, 0.15) is 0 Å².